The van der Waals surface area contributed by atoms with Crippen molar-refractivity contribution >= 4 is 29.3 Å². The smallest absolute Gasteiger partial charge is 0.409 e. The van der Waals surface area contributed by atoms with Crippen molar-refractivity contribution in [1.82, 2.24) is 9.80 Å². The first-order valence-electron chi connectivity index (χ1n) is 9.29. The van der Waals surface area contributed by atoms with Gasteiger partial charge in [-0.25, -0.2) is 4.79 Å². The van der Waals surface area contributed by atoms with Crippen LogP contribution in [0.2, 0.25) is 5.02 Å². The molecule has 0 saturated carbocycles. The number of halogens is 1. The van der Waals surface area contributed by atoms with E-state index < -0.39 is 0 Å². The Morgan fingerprint density at radius 3 is 2.62 bits per heavy atom. The molecule has 1 aromatic rings. The van der Waals surface area contributed by atoms with Crippen LogP contribution in [0.4, 0.5) is 10.5 Å². The van der Waals surface area contributed by atoms with Crippen LogP contribution in [-0.2, 0) is 9.53 Å². The van der Waals surface area contributed by atoms with Gasteiger partial charge in [0.15, 0.2) is 0 Å². The third-order valence-corrected chi connectivity index (χ3v) is 5.30. The summed E-state index contributed by atoms with van der Waals surface area (Å²) in [7, 11) is 0. The quantitative estimate of drug-likeness (QED) is 0.810. The fraction of sp³-hybridized carbons (Fsp3) is 0.579. The molecule has 0 N–H and O–H groups in total. The minimum Gasteiger partial charge on any atom is -0.450 e. The summed E-state index contributed by atoms with van der Waals surface area (Å²) in [6.45, 7) is 6.27. The highest BCUT2D eigenvalue weighted by molar-refractivity contribution is 6.30. The zero-order valence-corrected chi connectivity index (χ0v) is 16.0. The first-order valence-corrected chi connectivity index (χ1v) is 9.67. The highest BCUT2D eigenvalue weighted by Crippen LogP contribution is 2.23. The van der Waals surface area contributed by atoms with Gasteiger partial charge in [0.05, 0.1) is 12.5 Å². The molecule has 1 aromatic carbocycles. The van der Waals surface area contributed by atoms with Crippen LogP contribution in [0.3, 0.4) is 0 Å². The van der Waals surface area contributed by atoms with Crippen LogP contribution >= 0.6 is 11.6 Å². The van der Waals surface area contributed by atoms with Crippen molar-refractivity contribution in [1.29, 1.82) is 0 Å². The van der Waals surface area contributed by atoms with Crippen LogP contribution in [0.1, 0.15) is 19.8 Å². The van der Waals surface area contributed by atoms with Crippen molar-refractivity contribution in [3.8, 4) is 0 Å². The van der Waals surface area contributed by atoms with E-state index in [0.717, 1.165) is 36.6 Å². The van der Waals surface area contributed by atoms with E-state index in [0.29, 0.717) is 32.8 Å². The fourth-order valence-corrected chi connectivity index (χ4v) is 3.86. The number of anilines is 1. The summed E-state index contributed by atoms with van der Waals surface area (Å²) >= 11 is 6.07. The monoisotopic (exact) mass is 379 g/mol. The van der Waals surface area contributed by atoms with E-state index in [1.165, 1.54) is 0 Å². The Bertz CT molecular complexity index is 647. The first kappa shape index (κ1) is 18.8. The molecular formula is C19H26ClN3O3. The number of likely N-dealkylation sites (tertiary alicyclic amines) is 1. The molecule has 2 aliphatic rings. The van der Waals surface area contributed by atoms with Gasteiger partial charge in [-0.3, -0.25) is 4.79 Å². The van der Waals surface area contributed by atoms with Crippen LogP contribution < -0.4 is 4.90 Å². The number of carbonyl (C=O) groups is 2. The number of benzene rings is 1. The SMILES string of the molecule is CCOC(=O)N1CCCC(C(=O)N2CCN(c3cccc(Cl)c3)CC2)C1. The molecule has 3 rings (SSSR count). The summed E-state index contributed by atoms with van der Waals surface area (Å²) in [5, 5.41) is 0.724. The normalized spacial score (nSPS) is 20.8. The van der Waals surface area contributed by atoms with Crippen molar-refractivity contribution in [3.05, 3.63) is 29.3 Å². The highest BCUT2D eigenvalue weighted by Gasteiger charge is 2.33. The predicted octanol–water partition coefficient (Wildman–Crippen LogP) is 2.86. The molecule has 142 valence electrons. The Labute approximate surface area is 159 Å². The van der Waals surface area contributed by atoms with Crippen molar-refractivity contribution in [2.45, 2.75) is 19.8 Å². The maximum Gasteiger partial charge on any atom is 0.409 e. The standard InChI is InChI=1S/C19H26ClN3O3/c1-2-26-19(25)23-8-4-5-15(14-23)18(24)22-11-9-21(10-12-22)17-7-3-6-16(20)13-17/h3,6-7,13,15H,2,4-5,8-12,14H2,1H3. The van der Waals surface area contributed by atoms with E-state index in [1.807, 2.05) is 29.2 Å². The van der Waals surface area contributed by atoms with Gasteiger partial charge < -0.3 is 19.4 Å². The van der Waals surface area contributed by atoms with Gasteiger partial charge in [-0.05, 0) is 38.0 Å². The second-order valence-electron chi connectivity index (χ2n) is 6.78. The topological polar surface area (TPSA) is 53.1 Å². The first-order chi connectivity index (χ1) is 12.6. The molecule has 0 spiro atoms. The molecule has 2 amide bonds. The molecule has 0 bridgehead atoms. The Balaban J connectivity index is 1.54. The second-order valence-corrected chi connectivity index (χ2v) is 7.21. The lowest BCUT2D eigenvalue weighted by atomic mass is 9.96. The molecular weight excluding hydrogens is 354 g/mol. The third-order valence-electron chi connectivity index (χ3n) is 5.06. The molecule has 2 aliphatic heterocycles. The van der Waals surface area contributed by atoms with Crippen molar-refractivity contribution in [3.63, 3.8) is 0 Å². The molecule has 0 aliphatic carbocycles. The number of nitrogens with zero attached hydrogens (tertiary/aromatic N) is 3. The lowest BCUT2D eigenvalue weighted by Crippen LogP contribution is -2.53. The average Bonchev–Trinajstić information content (AvgIpc) is 2.68. The number of ether oxygens (including phenoxy) is 1. The zero-order chi connectivity index (χ0) is 18.5. The predicted molar refractivity (Wildman–Crippen MR) is 102 cm³/mol. The summed E-state index contributed by atoms with van der Waals surface area (Å²) in [6, 6.07) is 7.81. The van der Waals surface area contributed by atoms with E-state index in [2.05, 4.69) is 4.90 Å². The van der Waals surface area contributed by atoms with Gasteiger partial charge >= 0.3 is 6.09 Å². The largest absolute Gasteiger partial charge is 0.450 e. The molecule has 2 fully saturated rings. The second kappa shape index (κ2) is 8.62. The molecule has 26 heavy (non-hydrogen) atoms. The Morgan fingerprint density at radius 1 is 1.15 bits per heavy atom. The molecule has 0 radical (unpaired) electrons. The van der Waals surface area contributed by atoms with Gasteiger partial charge in [0.1, 0.15) is 0 Å². The summed E-state index contributed by atoms with van der Waals surface area (Å²) in [4.78, 5) is 30.7. The molecule has 7 heteroatoms. The molecule has 6 nitrogen and oxygen atoms in total. The van der Waals surface area contributed by atoms with E-state index in [-0.39, 0.29) is 17.9 Å². The summed E-state index contributed by atoms with van der Waals surface area (Å²) in [6.07, 6.45) is 1.37. The summed E-state index contributed by atoms with van der Waals surface area (Å²) in [5.74, 6) is 0.0376. The molecule has 2 saturated heterocycles. The highest BCUT2D eigenvalue weighted by atomic mass is 35.5. The minimum atomic E-state index is -0.309. The zero-order valence-electron chi connectivity index (χ0n) is 15.2. The number of rotatable bonds is 3. The summed E-state index contributed by atoms with van der Waals surface area (Å²) < 4.78 is 5.07. The van der Waals surface area contributed by atoms with E-state index in [4.69, 9.17) is 16.3 Å². The van der Waals surface area contributed by atoms with Crippen LogP contribution in [0, 0.1) is 5.92 Å². The average molecular weight is 380 g/mol. The van der Waals surface area contributed by atoms with Crippen LogP contribution in [0.5, 0.6) is 0 Å². The van der Waals surface area contributed by atoms with E-state index in [9.17, 15) is 9.59 Å². The Morgan fingerprint density at radius 2 is 1.92 bits per heavy atom. The van der Waals surface area contributed by atoms with Gasteiger partial charge in [-0.2, -0.15) is 0 Å². The van der Waals surface area contributed by atoms with Gasteiger partial charge in [0.2, 0.25) is 5.91 Å². The number of carbonyl (C=O) groups excluding carboxylic acids is 2. The number of hydrogen-bond acceptors (Lipinski definition) is 4. The number of amides is 2. The fourth-order valence-electron chi connectivity index (χ4n) is 3.68. The molecule has 1 unspecified atom stereocenters. The van der Waals surface area contributed by atoms with Crippen LogP contribution in [0.15, 0.2) is 24.3 Å². The van der Waals surface area contributed by atoms with E-state index >= 15 is 0 Å². The van der Waals surface area contributed by atoms with Gasteiger partial charge in [0.25, 0.3) is 0 Å². The van der Waals surface area contributed by atoms with Crippen molar-refractivity contribution in [2.24, 2.45) is 5.92 Å². The molecule has 2 heterocycles. The minimum absolute atomic E-state index is 0.120. The van der Waals surface area contributed by atoms with Crippen LogP contribution in [0.25, 0.3) is 0 Å². The third kappa shape index (κ3) is 4.41. The lowest BCUT2D eigenvalue weighted by Gasteiger charge is -2.39. The number of hydrogen-bond donors (Lipinski definition) is 0. The van der Waals surface area contributed by atoms with Crippen molar-refractivity contribution in [2.75, 3.05) is 50.8 Å². The van der Waals surface area contributed by atoms with Crippen LogP contribution in [-0.4, -0.2) is 67.7 Å². The van der Waals surface area contributed by atoms with Crippen molar-refractivity contribution < 1.29 is 14.3 Å². The number of piperazine rings is 1. The molecule has 0 aromatic heterocycles. The van der Waals surface area contributed by atoms with Gasteiger partial charge in [0, 0.05) is 50.0 Å². The Kier molecular flexibility index (Phi) is 6.25. The Hall–Kier alpha value is -1.95. The van der Waals surface area contributed by atoms with Gasteiger partial charge in [-0.1, -0.05) is 17.7 Å². The van der Waals surface area contributed by atoms with E-state index in [1.54, 1.807) is 11.8 Å². The molecule has 1 atom stereocenters. The van der Waals surface area contributed by atoms with Gasteiger partial charge in [-0.15, -0.1) is 0 Å². The number of piperidine rings is 1. The lowest BCUT2D eigenvalue weighted by molar-refractivity contribution is -0.137. The summed E-state index contributed by atoms with van der Waals surface area (Å²) in [5.41, 5.74) is 1.09. The maximum absolute atomic E-state index is 12.9. The maximum atomic E-state index is 12.9.